The quantitative estimate of drug-likeness (QED) is 0.516. The van der Waals surface area contributed by atoms with E-state index in [0.717, 1.165) is 0 Å². The summed E-state index contributed by atoms with van der Waals surface area (Å²) in [6.07, 6.45) is 0. The average Bonchev–Trinajstić information content (AvgIpc) is 2.17. The molecular weight excluding hydrogens is 200 g/mol. The normalized spacial score (nSPS) is 9.57. The van der Waals surface area contributed by atoms with Gasteiger partial charge in [-0.2, -0.15) is 0 Å². The predicted molar refractivity (Wildman–Crippen MR) is 56.9 cm³/mol. The molecule has 0 amide bonds. The van der Waals surface area contributed by atoms with Gasteiger partial charge in [-0.15, -0.1) is 0 Å². The zero-order valence-electron chi connectivity index (χ0n) is 7.33. The molecule has 2 aromatic carbocycles. The van der Waals surface area contributed by atoms with Crippen molar-refractivity contribution in [1.29, 1.82) is 0 Å². The number of hydrogen-bond donors (Lipinski definition) is 2. The number of fused-ring (bicyclic) bond motifs is 1. The summed E-state index contributed by atoms with van der Waals surface area (Å²) in [5, 5.41) is 2.62. The van der Waals surface area contributed by atoms with E-state index in [1.165, 1.54) is 10.8 Å². The van der Waals surface area contributed by atoms with Crippen LogP contribution in [0, 0.1) is 0 Å². The third kappa shape index (κ3) is 3.55. The van der Waals surface area contributed by atoms with Gasteiger partial charge in [-0.3, -0.25) is 4.55 Å². The molecule has 0 aliphatic carbocycles. The molecular formula is C10H10O3S. The molecule has 0 spiro atoms. The Hall–Kier alpha value is -1.39. The Morgan fingerprint density at radius 3 is 1.21 bits per heavy atom. The molecule has 0 aliphatic rings. The van der Waals surface area contributed by atoms with Gasteiger partial charge < -0.3 is 0 Å². The van der Waals surface area contributed by atoms with E-state index in [1.807, 2.05) is 0 Å². The first kappa shape index (κ1) is 10.7. The smallest absolute Gasteiger partial charge is 0.254 e. The number of rotatable bonds is 0. The summed E-state index contributed by atoms with van der Waals surface area (Å²) >= 11 is 0. The van der Waals surface area contributed by atoms with Crippen molar-refractivity contribution >= 4 is 21.8 Å². The second-order valence-corrected chi connectivity index (χ2v) is 3.06. The molecule has 14 heavy (non-hydrogen) atoms. The van der Waals surface area contributed by atoms with Gasteiger partial charge in [0.2, 0.25) is 0 Å². The monoisotopic (exact) mass is 210 g/mol. The van der Waals surface area contributed by atoms with Crippen LogP contribution in [0.25, 0.3) is 10.8 Å². The molecule has 0 heterocycles. The van der Waals surface area contributed by atoms with E-state index in [2.05, 4.69) is 48.5 Å². The lowest BCUT2D eigenvalue weighted by atomic mass is 10.1. The highest BCUT2D eigenvalue weighted by Gasteiger charge is 1.85. The van der Waals surface area contributed by atoms with Gasteiger partial charge in [0.15, 0.2) is 0 Å². The van der Waals surface area contributed by atoms with Crippen molar-refractivity contribution in [2.75, 3.05) is 0 Å². The van der Waals surface area contributed by atoms with Crippen LogP contribution in [0.1, 0.15) is 0 Å². The van der Waals surface area contributed by atoms with Gasteiger partial charge in [-0.05, 0) is 10.8 Å². The van der Waals surface area contributed by atoms with E-state index in [9.17, 15) is 0 Å². The molecule has 2 aromatic rings. The first-order chi connectivity index (χ1) is 6.70. The lowest BCUT2D eigenvalue weighted by molar-refractivity contribution is 0.509. The highest BCUT2D eigenvalue weighted by atomic mass is 32.2. The Balaban J connectivity index is 0.000000213. The van der Waals surface area contributed by atoms with Crippen molar-refractivity contribution in [2.45, 2.75) is 0 Å². The van der Waals surface area contributed by atoms with Crippen LogP contribution in [-0.4, -0.2) is 13.0 Å². The summed E-state index contributed by atoms with van der Waals surface area (Å²) in [4.78, 5) is 0. The zero-order valence-corrected chi connectivity index (χ0v) is 8.22. The molecule has 0 aliphatic heterocycles. The molecule has 0 aromatic heterocycles. The van der Waals surface area contributed by atoms with Crippen LogP contribution < -0.4 is 0 Å². The maximum absolute atomic E-state index is 8.59. The Morgan fingerprint density at radius 2 is 1.00 bits per heavy atom. The predicted octanol–water partition coefficient (Wildman–Crippen LogP) is 1.91. The summed E-state index contributed by atoms with van der Waals surface area (Å²) < 4.78 is 24.2. The largest absolute Gasteiger partial charge is 0.288 e. The molecule has 3 nitrogen and oxygen atoms in total. The molecule has 2 rings (SSSR count). The summed E-state index contributed by atoms with van der Waals surface area (Å²) in [5.41, 5.74) is 0. The van der Waals surface area contributed by atoms with Gasteiger partial charge in [-0.25, -0.2) is 8.42 Å². The Labute approximate surface area is 83.8 Å². The Kier molecular flexibility index (Phi) is 4.10. The first-order valence-electron chi connectivity index (χ1n) is 3.97. The van der Waals surface area contributed by atoms with E-state index in [0.29, 0.717) is 0 Å². The third-order valence-corrected chi connectivity index (χ3v) is 1.66. The number of thiol groups is 1. The van der Waals surface area contributed by atoms with Gasteiger partial charge >= 0.3 is 0 Å². The third-order valence-electron chi connectivity index (χ3n) is 1.66. The van der Waals surface area contributed by atoms with Crippen molar-refractivity contribution < 1.29 is 13.0 Å². The van der Waals surface area contributed by atoms with Crippen molar-refractivity contribution in [3.05, 3.63) is 48.5 Å². The highest BCUT2D eigenvalue weighted by Crippen LogP contribution is 2.11. The van der Waals surface area contributed by atoms with Crippen LogP contribution >= 0.6 is 0 Å². The van der Waals surface area contributed by atoms with Gasteiger partial charge in [0.1, 0.15) is 0 Å². The minimum absolute atomic E-state index is 1.31. The average molecular weight is 210 g/mol. The molecule has 0 unspecified atom stereocenters. The molecule has 0 saturated carbocycles. The molecule has 0 bridgehead atoms. The van der Waals surface area contributed by atoms with Crippen molar-refractivity contribution in [3.8, 4) is 0 Å². The maximum atomic E-state index is 8.59. The van der Waals surface area contributed by atoms with Crippen molar-refractivity contribution in [3.63, 3.8) is 0 Å². The molecule has 0 atom stereocenters. The lowest BCUT2D eigenvalue weighted by Crippen LogP contribution is -1.67. The summed E-state index contributed by atoms with van der Waals surface area (Å²) in [6, 6.07) is 16.7. The van der Waals surface area contributed by atoms with Crippen LogP contribution in [0.3, 0.4) is 0 Å². The molecule has 0 fully saturated rings. The minimum atomic E-state index is -3.12. The van der Waals surface area contributed by atoms with E-state index in [1.54, 1.807) is 0 Å². The topological polar surface area (TPSA) is 54.4 Å². The fourth-order valence-electron chi connectivity index (χ4n) is 1.13. The Bertz CT molecular complexity index is 404. The highest BCUT2D eigenvalue weighted by molar-refractivity contribution is 7.66. The fourth-order valence-corrected chi connectivity index (χ4v) is 1.13. The summed E-state index contributed by atoms with van der Waals surface area (Å²) in [5.74, 6) is 0. The van der Waals surface area contributed by atoms with Gasteiger partial charge in [0.25, 0.3) is 11.0 Å². The molecule has 74 valence electrons. The lowest BCUT2D eigenvalue weighted by Gasteiger charge is -1.92. The van der Waals surface area contributed by atoms with Gasteiger partial charge in [0, 0.05) is 0 Å². The van der Waals surface area contributed by atoms with E-state index >= 15 is 0 Å². The Morgan fingerprint density at radius 1 is 0.786 bits per heavy atom. The summed E-state index contributed by atoms with van der Waals surface area (Å²) in [7, 11) is -3.12. The van der Waals surface area contributed by atoms with Gasteiger partial charge in [-0.1, -0.05) is 48.5 Å². The number of hydrogen-bond acceptors (Lipinski definition) is 2. The van der Waals surface area contributed by atoms with Crippen LogP contribution in [0.4, 0.5) is 0 Å². The molecule has 0 radical (unpaired) electrons. The molecule has 1 N–H and O–H groups in total. The standard InChI is InChI=1S/C10H8.H2O3S/c1-2-6-10-8-4-3-7-9(10)5-1;1-4(2)3/h1-8H;4H,(H,1,2,3). The van der Waals surface area contributed by atoms with Crippen LogP contribution in [0.2, 0.25) is 0 Å². The fraction of sp³-hybridized carbons (Fsp3) is 0. The second kappa shape index (κ2) is 5.36. The SMILES string of the molecule is O=[SH](=O)O.c1ccc2ccccc2c1. The second-order valence-electron chi connectivity index (χ2n) is 2.58. The first-order valence-corrected chi connectivity index (χ1v) is 5.10. The summed E-state index contributed by atoms with van der Waals surface area (Å²) in [6.45, 7) is 0. The van der Waals surface area contributed by atoms with Crippen LogP contribution in [-0.2, 0) is 11.0 Å². The van der Waals surface area contributed by atoms with Crippen molar-refractivity contribution in [1.82, 2.24) is 0 Å². The van der Waals surface area contributed by atoms with E-state index < -0.39 is 11.0 Å². The van der Waals surface area contributed by atoms with E-state index in [4.69, 9.17) is 13.0 Å². The van der Waals surface area contributed by atoms with Crippen LogP contribution in [0.5, 0.6) is 0 Å². The maximum Gasteiger partial charge on any atom is 0.254 e. The number of benzene rings is 2. The zero-order chi connectivity index (χ0) is 10.4. The minimum Gasteiger partial charge on any atom is -0.288 e. The molecule has 0 saturated heterocycles. The molecule has 4 heteroatoms. The van der Waals surface area contributed by atoms with Crippen LogP contribution in [0.15, 0.2) is 48.5 Å². The van der Waals surface area contributed by atoms with E-state index in [-0.39, 0.29) is 0 Å². The van der Waals surface area contributed by atoms with Gasteiger partial charge in [0.05, 0.1) is 0 Å². The van der Waals surface area contributed by atoms with Crippen molar-refractivity contribution in [2.24, 2.45) is 0 Å².